The third-order valence-corrected chi connectivity index (χ3v) is 2.97. The van der Waals surface area contributed by atoms with Crippen molar-refractivity contribution in [2.75, 3.05) is 0 Å². The first kappa shape index (κ1) is 14.1. The first-order valence-electron chi connectivity index (χ1n) is 6.37. The summed E-state index contributed by atoms with van der Waals surface area (Å²) in [6.07, 6.45) is 3.08. The van der Waals surface area contributed by atoms with Crippen molar-refractivity contribution in [3.8, 4) is 0 Å². The second-order valence-electron chi connectivity index (χ2n) is 4.93. The van der Waals surface area contributed by atoms with Crippen molar-refractivity contribution in [1.29, 1.82) is 0 Å². The SMILES string of the molecule is CCc1nnc(C)cc1C(CCC(C)C)NN. The van der Waals surface area contributed by atoms with Gasteiger partial charge in [0, 0.05) is 6.04 Å². The van der Waals surface area contributed by atoms with Gasteiger partial charge in [-0.3, -0.25) is 11.3 Å². The maximum atomic E-state index is 5.67. The normalized spacial score (nSPS) is 13.1. The van der Waals surface area contributed by atoms with Gasteiger partial charge in [-0.25, -0.2) is 0 Å². The van der Waals surface area contributed by atoms with Gasteiger partial charge < -0.3 is 0 Å². The van der Waals surface area contributed by atoms with Gasteiger partial charge in [-0.1, -0.05) is 20.8 Å². The Bertz CT molecular complexity index is 349. The van der Waals surface area contributed by atoms with E-state index in [0.717, 1.165) is 30.7 Å². The van der Waals surface area contributed by atoms with E-state index < -0.39 is 0 Å². The van der Waals surface area contributed by atoms with Gasteiger partial charge >= 0.3 is 0 Å². The largest absolute Gasteiger partial charge is 0.271 e. The molecule has 17 heavy (non-hydrogen) atoms. The van der Waals surface area contributed by atoms with Gasteiger partial charge in [-0.15, -0.1) is 0 Å². The van der Waals surface area contributed by atoms with E-state index >= 15 is 0 Å². The molecule has 0 radical (unpaired) electrons. The van der Waals surface area contributed by atoms with E-state index in [0.29, 0.717) is 5.92 Å². The molecule has 1 aromatic heterocycles. The topological polar surface area (TPSA) is 63.8 Å². The molecular formula is C13H24N4. The summed E-state index contributed by atoms with van der Waals surface area (Å²) < 4.78 is 0. The van der Waals surface area contributed by atoms with Crippen LogP contribution in [0.2, 0.25) is 0 Å². The number of rotatable bonds is 6. The Morgan fingerprint density at radius 2 is 2.00 bits per heavy atom. The molecule has 0 saturated heterocycles. The molecule has 4 heteroatoms. The summed E-state index contributed by atoms with van der Waals surface area (Å²) in [7, 11) is 0. The first-order valence-corrected chi connectivity index (χ1v) is 6.37. The fourth-order valence-electron chi connectivity index (χ4n) is 1.94. The lowest BCUT2D eigenvalue weighted by Crippen LogP contribution is -2.29. The highest BCUT2D eigenvalue weighted by Crippen LogP contribution is 2.23. The van der Waals surface area contributed by atoms with Crippen molar-refractivity contribution in [2.45, 2.75) is 53.0 Å². The van der Waals surface area contributed by atoms with Gasteiger partial charge in [0.2, 0.25) is 0 Å². The molecule has 4 nitrogen and oxygen atoms in total. The van der Waals surface area contributed by atoms with E-state index in [-0.39, 0.29) is 6.04 Å². The fraction of sp³-hybridized carbons (Fsp3) is 0.692. The third-order valence-electron chi connectivity index (χ3n) is 2.97. The zero-order valence-corrected chi connectivity index (χ0v) is 11.3. The van der Waals surface area contributed by atoms with Crippen molar-refractivity contribution in [3.05, 3.63) is 23.0 Å². The lowest BCUT2D eigenvalue weighted by molar-refractivity contribution is 0.444. The van der Waals surface area contributed by atoms with Gasteiger partial charge in [0.1, 0.15) is 0 Å². The Labute approximate surface area is 104 Å². The molecule has 1 unspecified atom stereocenters. The summed E-state index contributed by atoms with van der Waals surface area (Å²) in [4.78, 5) is 0. The minimum absolute atomic E-state index is 0.182. The van der Waals surface area contributed by atoms with Crippen LogP contribution >= 0.6 is 0 Å². The number of aryl methyl sites for hydroxylation is 2. The summed E-state index contributed by atoms with van der Waals surface area (Å²) in [5.41, 5.74) is 6.10. The van der Waals surface area contributed by atoms with Crippen LogP contribution < -0.4 is 11.3 Å². The Kier molecular flexibility index (Phi) is 5.51. The number of hydrogen-bond donors (Lipinski definition) is 2. The second-order valence-corrected chi connectivity index (χ2v) is 4.93. The molecular weight excluding hydrogens is 212 g/mol. The van der Waals surface area contributed by atoms with Gasteiger partial charge in [-0.2, -0.15) is 10.2 Å². The van der Waals surface area contributed by atoms with Crippen LogP contribution in [0.3, 0.4) is 0 Å². The number of aromatic nitrogens is 2. The van der Waals surface area contributed by atoms with Crippen LogP contribution in [0.25, 0.3) is 0 Å². The molecule has 0 saturated carbocycles. The average Bonchev–Trinajstić information content (AvgIpc) is 2.30. The van der Waals surface area contributed by atoms with E-state index in [4.69, 9.17) is 5.84 Å². The van der Waals surface area contributed by atoms with Crippen molar-refractivity contribution in [1.82, 2.24) is 15.6 Å². The van der Waals surface area contributed by atoms with E-state index in [9.17, 15) is 0 Å². The monoisotopic (exact) mass is 236 g/mol. The second kappa shape index (κ2) is 6.67. The Morgan fingerprint density at radius 1 is 1.29 bits per heavy atom. The van der Waals surface area contributed by atoms with Crippen LogP contribution in [-0.2, 0) is 6.42 Å². The lowest BCUT2D eigenvalue weighted by atomic mass is 9.96. The van der Waals surface area contributed by atoms with E-state index in [1.54, 1.807) is 0 Å². The Hall–Kier alpha value is -1.00. The predicted octanol–water partition coefficient (Wildman–Crippen LogP) is 2.29. The number of nitrogens with zero attached hydrogens (tertiary/aromatic N) is 2. The van der Waals surface area contributed by atoms with E-state index in [1.165, 1.54) is 5.56 Å². The van der Waals surface area contributed by atoms with Gasteiger partial charge in [-0.05, 0) is 43.7 Å². The maximum absolute atomic E-state index is 5.67. The minimum atomic E-state index is 0.182. The van der Waals surface area contributed by atoms with Crippen LogP contribution in [0.1, 0.15) is 56.6 Å². The van der Waals surface area contributed by atoms with Gasteiger partial charge in [0.25, 0.3) is 0 Å². The number of hydrogen-bond acceptors (Lipinski definition) is 4. The molecule has 0 amide bonds. The number of nitrogens with one attached hydrogen (secondary N) is 1. The summed E-state index contributed by atoms with van der Waals surface area (Å²) in [6, 6.07) is 2.28. The van der Waals surface area contributed by atoms with Crippen LogP contribution in [0, 0.1) is 12.8 Å². The smallest absolute Gasteiger partial charge is 0.0676 e. The minimum Gasteiger partial charge on any atom is -0.271 e. The summed E-state index contributed by atoms with van der Waals surface area (Å²) in [5, 5.41) is 8.35. The average molecular weight is 236 g/mol. The Morgan fingerprint density at radius 3 is 2.53 bits per heavy atom. The molecule has 3 N–H and O–H groups in total. The summed E-state index contributed by atoms with van der Waals surface area (Å²) in [6.45, 7) is 8.51. The molecule has 0 aliphatic carbocycles. The quantitative estimate of drug-likeness (QED) is 0.587. The molecule has 0 aliphatic heterocycles. The predicted molar refractivity (Wildman–Crippen MR) is 70.3 cm³/mol. The van der Waals surface area contributed by atoms with Crippen molar-refractivity contribution in [2.24, 2.45) is 11.8 Å². The van der Waals surface area contributed by atoms with Crippen LogP contribution in [0.15, 0.2) is 6.07 Å². The van der Waals surface area contributed by atoms with Crippen LogP contribution in [0.5, 0.6) is 0 Å². The fourth-order valence-corrected chi connectivity index (χ4v) is 1.94. The highest BCUT2D eigenvalue weighted by atomic mass is 15.2. The zero-order valence-electron chi connectivity index (χ0n) is 11.3. The van der Waals surface area contributed by atoms with Crippen molar-refractivity contribution in [3.63, 3.8) is 0 Å². The molecule has 0 aromatic carbocycles. The maximum Gasteiger partial charge on any atom is 0.0676 e. The van der Waals surface area contributed by atoms with E-state index in [1.807, 2.05) is 6.92 Å². The molecule has 1 heterocycles. The van der Waals surface area contributed by atoms with Crippen molar-refractivity contribution < 1.29 is 0 Å². The molecule has 1 aromatic rings. The molecule has 0 bridgehead atoms. The molecule has 0 aliphatic rings. The van der Waals surface area contributed by atoms with Crippen molar-refractivity contribution >= 4 is 0 Å². The molecule has 96 valence electrons. The molecule has 1 rings (SSSR count). The Balaban J connectivity index is 2.89. The molecule has 0 spiro atoms. The zero-order chi connectivity index (χ0) is 12.8. The summed E-state index contributed by atoms with van der Waals surface area (Å²) >= 11 is 0. The number of nitrogens with two attached hydrogens (primary N) is 1. The number of hydrazine groups is 1. The molecule has 0 fully saturated rings. The van der Waals surface area contributed by atoms with Crippen LogP contribution in [0.4, 0.5) is 0 Å². The van der Waals surface area contributed by atoms with Gasteiger partial charge in [0.15, 0.2) is 0 Å². The highest BCUT2D eigenvalue weighted by molar-refractivity contribution is 5.24. The van der Waals surface area contributed by atoms with E-state index in [2.05, 4.69) is 42.5 Å². The highest BCUT2D eigenvalue weighted by Gasteiger charge is 2.15. The lowest BCUT2D eigenvalue weighted by Gasteiger charge is -2.19. The summed E-state index contributed by atoms with van der Waals surface area (Å²) in [5.74, 6) is 6.35. The van der Waals surface area contributed by atoms with Crippen LogP contribution in [-0.4, -0.2) is 10.2 Å². The first-order chi connectivity index (χ1) is 8.08. The molecule has 1 atom stereocenters. The standard InChI is InChI=1S/C13H24N4/c1-5-12-11(8-10(4)16-17-12)13(15-14)7-6-9(2)3/h8-9,13,15H,5-7,14H2,1-4H3. The van der Waals surface area contributed by atoms with Gasteiger partial charge in [0.05, 0.1) is 11.4 Å². The third kappa shape index (κ3) is 4.06.